The van der Waals surface area contributed by atoms with Crippen molar-refractivity contribution in [3.63, 3.8) is 0 Å². The van der Waals surface area contributed by atoms with E-state index in [1.165, 1.54) is 5.56 Å². The molecule has 0 N–H and O–H groups in total. The molecule has 0 aliphatic heterocycles. The molecule has 0 saturated heterocycles. The van der Waals surface area contributed by atoms with Gasteiger partial charge in [-0.1, -0.05) is 87.2 Å². The summed E-state index contributed by atoms with van der Waals surface area (Å²) in [4.78, 5) is 0. The Balaban J connectivity index is 2.33. The molecule has 0 saturated carbocycles. The number of benzene rings is 3. The molecule has 1 nitrogen and oxygen atoms in total. The average Bonchev–Trinajstić information content (AvgIpc) is 2.77. The van der Waals surface area contributed by atoms with Crippen LogP contribution in [-0.2, 0) is 17.4 Å². The zero-order valence-corrected chi connectivity index (χ0v) is 17.7. The Morgan fingerprint density at radius 2 is 1.32 bits per heavy atom. The standard InChI is InChI=1S/C26H28OS/c1-4-17-27-25-23(20-13-9-7-10-14-20)18-22(26(28,5-2)6-3)19-24(25)21-15-11-8-12-16-21/h4,7-16,18-19,28H,1,5-6,17H2,2-3H3/p+1. The Bertz CT molecular complexity index is 851. The van der Waals surface area contributed by atoms with Crippen molar-refractivity contribution in [1.29, 1.82) is 0 Å². The fourth-order valence-electron chi connectivity index (χ4n) is 3.53. The van der Waals surface area contributed by atoms with Crippen molar-refractivity contribution in [2.75, 3.05) is 6.61 Å². The SMILES string of the molecule is C=CCOc1c(-c2ccccc2)cc(C([SH2+])(CC)CC)cc1-c1ccccc1. The maximum absolute atomic E-state index is 6.23. The topological polar surface area (TPSA) is 9.23 Å². The molecule has 0 bridgehead atoms. The molecule has 0 fully saturated rings. The van der Waals surface area contributed by atoms with Crippen LogP contribution >= 0.6 is 0 Å². The van der Waals surface area contributed by atoms with Crippen molar-refractivity contribution in [1.82, 2.24) is 0 Å². The Morgan fingerprint density at radius 3 is 1.71 bits per heavy atom. The third kappa shape index (κ3) is 4.18. The van der Waals surface area contributed by atoms with Gasteiger partial charge in [0, 0.05) is 16.7 Å². The largest absolute Gasteiger partial charge is 0.488 e. The van der Waals surface area contributed by atoms with Crippen LogP contribution in [0.5, 0.6) is 5.75 Å². The first-order valence-corrected chi connectivity index (χ1v) is 10.4. The number of rotatable bonds is 8. The van der Waals surface area contributed by atoms with Gasteiger partial charge in [0.15, 0.2) is 0 Å². The second-order valence-electron chi connectivity index (χ2n) is 7.02. The molecule has 0 aliphatic carbocycles. The van der Waals surface area contributed by atoms with E-state index in [2.05, 4.69) is 93.7 Å². The van der Waals surface area contributed by atoms with Gasteiger partial charge in [0.25, 0.3) is 0 Å². The summed E-state index contributed by atoms with van der Waals surface area (Å²) < 4.78 is 6.16. The van der Waals surface area contributed by atoms with Gasteiger partial charge in [0.05, 0.1) is 0 Å². The normalized spacial score (nSPS) is 11.2. The molecule has 3 aromatic carbocycles. The summed E-state index contributed by atoms with van der Waals surface area (Å²) in [6, 6.07) is 25.5. The summed E-state index contributed by atoms with van der Waals surface area (Å²) in [7, 11) is 0. The molecule has 0 aliphatic rings. The first-order valence-electron chi connectivity index (χ1n) is 9.91. The van der Waals surface area contributed by atoms with Gasteiger partial charge < -0.3 is 4.74 Å². The highest BCUT2D eigenvalue weighted by Crippen LogP contribution is 2.44. The minimum absolute atomic E-state index is 0.0654. The van der Waals surface area contributed by atoms with Crippen molar-refractivity contribution in [2.24, 2.45) is 0 Å². The molecule has 0 atom stereocenters. The molecule has 0 unspecified atom stereocenters. The molecule has 3 rings (SSSR count). The molecule has 0 radical (unpaired) electrons. The molecule has 0 heterocycles. The Morgan fingerprint density at radius 1 is 0.857 bits per heavy atom. The van der Waals surface area contributed by atoms with Crippen molar-refractivity contribution in [3.05, 3.63) is 91.0 Å². The van der Waals surface area contributed by atoms with Crippen molar-refractivity contribution >= 4 is 12.6 Å². The van der Waals surface area contributed by atoms with Crippen molar-refractivity contribution in [3.8, 4) is 28.0 Å². The van der Waals surface area contributed by atoms with Crippen LogP contribution in [0.2, 0.25) is 0 Å². The maximum atomic E-state index is 6.23. The van der Waals surface area contributed by atoms with Crippen LogP contribution in [0.3, 0.4) is 0 Å². The van der Waals surface area contributed by atoms with Gasteiger partial charge in [-0.15, -0.1) is 0 Å². The molecular weight excluding hydrogens is 360 g/mol. The van der Waals surface area contributed by atoms with Gasteiger partial charge in [0.1, 0.15) is 17.1 Å². The summed E-state index contributed by atoms with van der Waals surface area (Å²) in [6.07, 6.45) is 3.81. The van der Waals surface area contributed by atoms with E-state index >= 15 is 0 Å². The molecule has 144 valence electrons. The highest BCUT2D eigenvalue weighted by molar-refractivity contribution is 7.60. The summed E-state index contributed by atoms with van der Waals surface area (Å²) >= 11 is 4.09. The predicted molar refractivity (Wildman–Crippen MR) is 125 cm³/mol. The van der Waals surface area contributed by atoms with Crippen LogP contribution in [-0.4, -0.2) is 6.61 Å². The van der Waals surface area contributed by atoms with E-state index in [1.807, 2.05) is 12.1 Å². The van der Waals surface area contributed by atoms with Crippen LogP contribution < -0.4 is 4.74 Å². The van der Waals surface area contributed by atoms with E-state index in [4.69, 9.17) is 4.74 Å². The lowest BCUT2D eigenvalue weighted by Crippen LogP contribution is -2.21. The summed E-state index contributed by atoms with van der Waals surface area (Å²) in [5, 5.41) is 0. The van der Waals surface area contributed by atoms with Gasteiger partial charge in [-0.25, -0.2) is 0 Å². The first-order chi connectivity index (χ1) is 13.6. The lowest BCUT2D eigenvalue weighted by atomic mass is 9.86. The zero-order chi connectivity index (χ0) is 20.0. The second-order valence-corrected chi connectivity index (χ2v) is 7.98. The Hall–Kier alpha value is -2.45. The molecule has 3 aromatic rings. The van der Waals surface area contributed by atoms with Crippen molar-refractivity contribution in [2.45, 2.75) is 31.4 Å². The number of hydrogen-bond donors (Lipinski definition) is 0. The minimum Gasteiger partial charge on any atom is -0.488 e. The van der Waals surface area contributed by atoms with E-state index in [1.54, 1.807) is 6.08 Å². The maximum Gasteiger partial charge on any atom is 0.148 e. The Kier molecular flexibility index (Phi) is 6.64. The van der Waals surface area contributed by atoms with Crippen molar-refractivity contribution < 1.29 is 4.74 Å². The summed E-state index contributed by atoms with van der Waals surface area (Å²) in [5.74, 6) is 0.905. The average molecular weight is 390 g/mol. The van der Waals surface area contributed by atoms with Crippen LogP contribution in [0.1, 0.15) is 32.3 Å². The van der Waals surface area contributed by atoms with Gasteiger partial charge in [0.2, 0.25) is 0 Å². The third-order valence-electron chi connectivity index (χ3n) is 5.36. The van der Waals surface area contributed by atoms with Crippen LogP contribution in [0, 0.1) is 0 Å². The second kappa shape index (κ2) is 9.16. The molecule has 0 spiro atoms. The predicted octanol–water partition coefficient (Wildman–Crippen LogP) is 6.61. The minimum atomic E-state index is -0.0654. The molecule has 0 aromatic heterocycles. The van der Waals surface area contributed by atoms with E-state index in [-0.39, 0.29) is 4.75 Å². The monoisotopic (exact) mass is 389 g/mol. The zero-order valence-electron chi connectivity index (χ0n) is 16.7. The van der Waals surface area contributed by atoms with E-state index in [0.29, 0.717) is 6.61 Å². The highest BCUT2D eigenvalue weighted by atomic mass is 32.1. The fourth-order valence-corrected chi connectivity index (χ4v) is 3.67. The van der Waals surface area contributed by atoms with Crippen LogP contribution in [0.4, 0.5) is 0 Å². The molecular formula is C26H29OS+. The molecule has 28 heavy (non-hydrogen) atoms. The first kappa shape index (κ1) is 20.3. The van der Waals surface area contributed by atoms with E-state index in [9.17, 15) is 0 Å². The van der Waals surface area contributed by atoms with Gasteiger partial charge in [-0.3, -0.25) is 0 Å². The summed E-state index contributed by atoms with van der Waals surface area (Å²) in [6.45, 7) is 8.75. The lowest BCUT2D eigenvalue weighted by Gasteiger charge is -2.24. The fraction of sp³-hybridized carbons (Fsp3) is 0.231. The summed E-state index contributed by atoms with van der Waals surface area (Å²) in [5.41, 5.74) is 5.81. The smallest absolute Gasteiger partial charge is 0.148 e. The number of ether oxygens (including phenoxy) is 1. The number of hydrogen-bond acceptors (Lipinski definition) is 1. The lowest BCUT2D eigenvalue weighted by molar-refractivity contribution is 0.366. The quantitative estimate of drug-likeness (QED) is 0.311. The van der Waals surface area contributed by atoms with E-state index in [0.717, 1.165) is 40.8 Å². The highest BCUT2D eigenvalue weighted by Gasteiger charge is 2.32. The van der Waals surface area contributed by atoms with Gasteiger partial charge in [-0.2, -0.15) is 0 Å². The molecule has 0 amide bonds. The third-order valence-corrected chi connectivity index (χ3v) is 6.36. The van der Waals surface area contributed by atoms with Gasteiger partial charge in [-0.05, 0) is 48.7 Å². The molecule has 2 heteroatoms. The van der Waals surface area contributed by atoms with Crippen LogP contribution in [0.25, 0.3) is 22.3 Å². The van der Waals surface area contributed by atoms with Gasteiger partial charge >= 0.3 is 0 Å². The Labute approximate surface area is 174 Å². The van der Waals surface area contributed by atoms with E-state index < -0.39 is 0 Å². The van der Waals surface area contributed by atoms with Crippen LogP contribution in [0.15, 0.2) is 85.5 Å².